The Morgan fingerprint density at radius 3 is 2.16 bits per heavy atom. The van der Waals surface area contributed by atoms with Gasteiger partial charge in [-0.05, 0) is 6.92 Å². The van der Waals surface area contributed by atoms with Gasteiger partial charge in [0.05, 0.1) is 0 Å². The van der Waals surface area contributed by atoms with Crippen molar-refractivity contribution in [1.82, 2.24) is 0 Å². The maximum absolute atomic E-state index is 11.9. The Morgan fingerprint density at radius 1 is 0.960 bits per heavy atom. The van der Waals surface area contributed by atoms with Crippen LogP contribution in [0.15, 0.2) is 0 Å². The molecule has 2 fully saturated rings. The molecule has 140 valence electrons. The van der Waals surface area contributed by atoms with Crippen LogP contribution < -0.4 is 0 Å². The van der Waals surface area contributed by atoms with Crippen molar-refractivity contribution in [1.29, 1.82) is 0 Å². The predicted octanol–water partition coefficient (Wildman–Crippen LogP) is -0.532. The summed E-state index contributed by atoms with van der Waals surface area (Å²) in [4.78, 5) is 45.7. The molecule has 0 amide bonds. The summed E-state index contributed by atoms with van der Waals surface area (Å²) in [6.45, 7) is 4.79. The van der Waals surface area contributed by atoms with Crippen molar-refractivity contribution in [3.05, 3.63) is 0 Å². The number of carbonyl (C=O) groups excluding carboxylic acids is 4. The zero-order chi connectivity index (χ0) is 18.7. The van der Waals surface area contributed by atoms with Gasteiger partial charge in [-0.1, -0.05) is 0 Å². The van der Waals surface area contributed by atoms with Crippen molar-refractivity contribution in [2.45, 2.75) is 64.5 Å². The third-order valence-corrected chi connectivity index (χ3v) is 3.57. The lowest BCUT2D eigenvalue weighted by Gasteiger charge is -2.47. The van der Waals surface area contributed by atoms with Crippen molar-refractivity contribution in [2.24, 2.45) is 0 Å². The molecular weight excluding hydrogens is 340 g/mol. The lowest BCUT2D eigenvalue weighted by molar-refractivity contribution is -0.321. The first-order chi connectivity index (χ1) is 11.7. The summed E-state index contributed by atoms with van der Waals surface area (Å²) in [6, 6.07) is 0. The van der Waals surface area contributed by atoms with Crippen molar-refractivity contribution in [2.75, 3.05) is 6.61 Å². The third kappa shape index (κ3) is 4.67. The van der Waals surface area contributed by atoms with Crippen LogP contribution in [0.5, 0.6) is 0 Å². The van der Waals surface area contributed by atoms with E-state index in [1.807, 2.05) is 0 Å². The molecule has 2 saturated heterocycles. The number of hydrogen-bond acceptors (Lipinski definition) is 10. The van der Waals surface area contributed by atoms with Crippen LogP contribution in [-0.2, 0) is 47.6 Å². The van der Waals surface area contributed by atoms with E-state index in [2.05, 4.69) is 0 Å². The van der Waals surface area contributed by atoms with Crippen LogP contribution in [0.2, 0.25) is 0 Å². The van der Waals surface area contributed by atoms with E-state index in [0.717, 1.165) is 13.8 Å². The highest BCUT2D eigenvalue weighted by Gasteiger charge is 2.55. The fourth-order valence-electron chi connectivity index (χ4n) is 2.61. The highest BCUT2D eigenvalue weighted by atomic mass is 16.8. The summed E-state index contributed by atoms with van der Waals surface area (Å²) in [7, 11) is 0. The highest BCUT2D eigenvalue weighted by Crippen LogP contribution is 2.33. The van der Waals surface area contributed by atoms with E-state index in [0.29, 0.717) is 0 Å². The zero-order valence-corrected chi connectivity index (χ0v) is 14.3. The summed E-state index contributed by atoms with van der Waals surface area (Å²) in [5.74, 6) is -2.58. The maximum Gasteiger partial charge on any atom is 0.335 e. The molecule has 0 bridgehead atoms. The average molecular weight is 360 g/mol. The van der Waals surface area contributed by atoms with E-state index in [1.165, 1.54) is 13.8 Å². The first-order valence-corrected chi connectivity index (χ1v) is 7.68. The SMILES string of the molecule is CC(=O)OC[C@H]1O[C@H](OC(C)=O)[C@@H](OC(C)=O)[C@H]2OC(=O)[C@@H](C)O[C@@H]21. The van der Waals surface area contributed by atoms with Crippen LogP contribution in [0.1, 0.15) is 27.7 Å². The number of ether oxygens (including phenoxy) is 6. The van der Waals surface area contributed by atoms with Gasteiger partial charge in [0.1, 0.15) is 18.8 Å². The van der Waals surface area contributed by atoms with Crippen LogP contribution in [0, 0.1) is 0 Å². The second-order valence-electron chi connectivity index (χ2n) is 5.67. The fraction of sp³-hybridized carbons (Fsp3) is 0.733. The third-order valence-electron chi connectivity index (χ3n) is 3.57. The van der Waals surface area contributed by atoms with Crippen LogP contribution in [0.4, 0.5) is 0 Å². The fourth-order valence-corrected chi connectivity index (χ4v) is 2.61. The molecule has 2 rings (SSSR count). The number of rotatable bonds is 4. The van der Waals surface area contributed by atoms with Gasteiger partial charge in [0.15, 0.2) is 12.2 Å². The molecular formula is C15H20O10. The van der Waals surface area contributed by atoms with E-state index < -0.39 is 60.7 Å². The van der Waals surface area contributed by atoms with E-state index in [-0.39, 0.29) is 6.61 Å². The Hall–Kier alpha value is -2.20. The van der Waals surface area contributed by atoms with Crippen molar-refractivity contribution < 1.29 is 47.6 Å². The van der Waals surface area contributed by atoms with E-state index >= 15 is 0 Å². The first-order valence-electron chi connectivity index (χ1n) is 7.68. The van der Waals surface area contributed by atoms with Gasteiger partial charge in [-0.2, -0.15) is 0 Å². The van der Waals surface area contributed by atoms with Gasteiger partial charge < -0.3 is 28.4 Å². The standard InChI is InChI=1S/C15H20O10/c1-6-14(19)25-12-11(21-6)10(5-20-7(2)16)24-15(23-9(4)18)13(12)22-8(3)17/h6,10-13,15H,5H2,1-4H3/t6-,10-,11-,12+,13+,15+/m1/s1. The summed E-state index contributed by atoms with van der Waals surface area (Å²) in [6.07, 6.45) is -6.27. The smallest absolute Gasteiger partial charge is 0.335 e. The number of carbonyl (C=O) groups is 4. The minimum Gasteiger partial charge on any atom is -0.463 e. The van der Waals surface area contributed by atoms with Crippen LogP contribution in [0.3, 0.4) is 0 Å². The van der Waals surface area contributed by atoms with Crippen molar-refractivity contribution in [3.8, 4) is 0 Å². The summed E-state index contributed by atoms with van der Waals surface area (Å²) >= 11 is 0. The molecule has 0 N–H and O–H groups in total. The first kappa shape index (κ1) is 19.1. The van der Waals surface area contributed by atoms with Gasteiger partial charge >= 0.3 is 23.9 Å². The molecule has 6 atom stereocenters. The molecule has 10 nitrogen and oxygen atoms in total. The normalized spacial score (nSPS) is 34.3. The lowest BCUT2D eigenvalue weighted by Crippen LogP contribution is -2.66. The van der Waals surface area contributed by atoms with Gasteiger partial charge in [0, 0.05) is 20.8 Å². The van der Waals surface area contributed by atoms with Crippen LogP contribution >= 0.6 is 0 Å². The van der Waals surface area contributed by atoms with Gasteiger partial charge in [-0.25, -0.2) is 4.79 Å². The molecule has 25 heavy (non-hydrogen) atoms. The molecule has 0 saturated carbocycles. The van der Waals surface area contributed by atoms with E-state index in [9.17, 15) is 19.2 Å². The van der Waals surface area contributed by atoms with E-state index in [4.69, 9.17) is 28.4 Å². The minimum absolute atomic E-state index is 0.217. The lowest BCUT2D eigenvalue weighted by atomic mass is 9.97. The molecule has 2 aliphatic rings. The zero-order valence-electron chi connectivity index (χ0n) is 14.3. The van der Waals surface area contributed by atoms with E-state index in [1.54, 1.807) is 0 Å². The summed E-state index contributed by atoms with van der Waals surface area (Å²) < 4.78 is 31.6. The van der Waals surface area contributed by atoms with Crippen LogP contribution in [0.25, 0.3) is 0 Å². The van der Waals surface area contributed by atoms with Crippen molar-refractivity contribution in [3.63, 3.8) is 0 Å². The Kier molecular flexibility index (Phi) is 5.96. The second kappa shape index (κ2) is 7.79. The Morgan fingerprint density at radius 2 is 1.60 bits per heavy atom. The van der Waals surface area contributed by atoms with Gasteiger partial charge in [0.25, 0.3) is 0 Å². The Labute approximate surface area is 143 Å². The molecule has 0 unspecified atom stereocenters. The molecule has 2 aliphatic heterocycles. The number of hydrogen-bond donors (Lipinski definition) is 0. The molecule has 0 aliphatic carbocycles. The Bertz CT molecular complexity index is 559. The largest absolute Gasteiger partial charge is 0.463 e. The number of esters is 4. The highest BCUT2D eigenvalue weighted by molar-refractivity contribution is 5.75. The average Bonchev–Trinajstić information content (AvgIpc) is 2.49. The van der Waals surface area contributed by atoms with Gasteiger partial charge in [0.2, 0.25) is 12.4 Å². The van der Waals surface area contributed by atoms with Crippen molar-refractivity contribution >= 4 is 23.9 Å². The Balaban J connectivity index is 2.29. The second-order valence-corrected chi connectivity index (χ2v) is 5.67. The molecule has 0 aromatic rings. The van der Waals surface area contributed by atoms with Gasteiger partial charge in [-0.15, -0.1) is 0 Å². The summed E-state index contributed by atoms with van der Waals surface area (Å²) in [5, 5.41) is 0. The molecule has 0 radical (unpaired) electrons. The van der Waals surface area contributed by atoms with Crippen LogP contribution in [-0.4, -0.2) is 67.3 Å². The molecule has 10 heteroatoms. The predicted molar refractivity (Wildman–Crippen MR) is 76.8 cm³/mol. The molecule has 0 spiro atoms. The topological polar surface area (TPSA) is 124 Å². The molecule has 0 aromatic heterocycles. The monoisotopic (exact) mass is 360 g/mol. The number of fused-ring (bicyclic) bond motifs is 1. The molecule has 2 heterocycles. The van der Waals surface area contributed by atoms with Gasteiger partial charge in [-0.3, -0.25) is 14.4 Å². The molecule has 0 aromatic carbocycles. The minimum atomic E-state index is -1.34. The maximum atomic E-state index is 11.9. The summed E-state index contributed by atoms with van der Waals surface area (Å²) in [5.41, 5.74) is 0. The quantitative estimate of drug-likeness (QED) is 0.477.